The van der Waals surface area contributed by atoms with Crippen molar-refractivity contribution in [3.63, 3.8) is 0 Å². The van der Waals surface area contributed by atoms with Crippen LogP contribution in [0.5, 0.6) is 5.88 Å². The second kappa shape index (κ2) is 5.96. The number of pyridine rings is 2. The normalized spacial score (nSPS) is 10.3. The van der Waals surface area contributed by atoms with Crippen molar-refractivity contribution in [1.82, 2.24) is 19.7 Å². The molecule has 0 N–H and O–H groups in total. The van der Waals surface area contributed by atoms with E-state index >= 15 is 0 Å². The van der Waals surface area contributed by atoms with Gasteiger partial charge >= 0.3 is 0 Å². The number of ether oxygens (including phenoxy) is 1. The third kappa shape index (κ3) is 2.94. The Kier molecular flexibility index (Phi) is 3.68. The molecule has 0 unspecified atom stereocenters. The molecule has 3 rings (SSSR count). The molecule has 0 saturated carbocycles. The van der Waals surface area contributed by atoms with Crippen molar-refractivity contribution in [2.45, 2.75) is 6.61 Å². The molecule has 0 saturated heterocycles. The highest BCUT2D eigenvalue weighted by molar-refractivity contribution is 5.75. The summed E-state index contributed by atoms with van der Waals surface area (Å²) in [5, 5.41) is 4.17. The molecule has 0 atom stereocenters. The lowest BCUT2D eigenvalue weighted by molar-refractivity contribution is 0.112. The van der Waals surface area contributed by atoms with Crippen LogP contribution < -0.4 is 4.74 Å². The Bertz CT molecular complexity index is 740. The monoisotopic (exact) mass is 280 g/mol. The van der Waals surface area contributed by atoms with Crippen molar-refractivity contribution in [2.24, 2.45) is 0 Å². The van der Waals surface area contributed by atoms with Gasteiger partial charge in [-0.2, -0.15) is 9.78 Å². The number of carbonyl (C=O) groups excluding carboxylic acids is 1. The molecule has 0 aliphatic heterocycles. The van der Waals surface area contributed by atoms with E-state index in [0.717, 1.165) is 11.8 Å². The molecular weight excluding hydrogens is 268 g/mol. The molecule has 21 heavy (non-hydrogen) atoms. The van der Waals surface area contributed by atoms with Gasteiger partial charge in [0.25, 0.3) is 0 Å². The summed E-state index contributed by atoms with van der Waals surface area (Å²) in [4.78, 5) is 19.1. The van der Waals surface area contributed by atoms with Gasteiger partial charge in [-0.15, -0.1) is 0 Å². The summed E-state index contributed by atoms with van der Waals surface area (Å²) in [6.07, 6.45) is 7.40. The lowest BCUT2D eigenvalue weighted by Gasteiger charge is -2.08. The van der Waals surface area contributed by atoms with Crippen LogP contribution in [0.25, 0.3) is 5.82 Å². The quantitative estimate of drug-likeness (QED) is 0.669. The number of nitrogens with zero attached hydrogens (tertiary/aromatic N) is 4. The SMILES string of the molecule is O=Cc1ccnc(-n2nccc2OCc2cccnc2)c1. The molecule has 0 spiro atoms. The minimum absolute atomic E-state index is 0.382. The summed E-state index contributed by atoms with van der Waals surface area (Å²) in [7, 11) is 0. The van der Waals surface area contributed by atoms with Gasteiger partial charge < -0.3 is 4.74 Å². The van der Waals surface area contributed by atoms with E-state index in [0.29, 0.717) is 23.9 Å². The summed E-state index contributed by atoms with van der Waals surface area (Å²) in [5.41, 5.74) is 1.49. The minimum Gasteiger partial charge on any atom is -0.473 e. The van der Waals surface area contributed by atoms with Crippen molar-refractivity contribution in [1.29, 1.82) is 0 Å². The fraction of sp³-hybridized carbons (Fsp3) is 0.0667. The van der Waals surface area contributed by atoms with Crippen molar-refractivity contribution in [2.75, 3.05) is 0 Å². The molecule has 0 aliphatic carbocycles. The van der Waals surface area contributed by atoms with E-state index in [1.807, 2.05) is 12.1 Å². The first kappa shape index (κ1) is 13.0. The maximum absolute atomic E-state index is 10.8. The van der Waals surface area contributed by atoms with E-state index in [1.165, 1.54) is 0 Å². The largest absolute Gasteiger partial charge is 0.473 e. The average molecular weight is 280 g/mol. The van der Waals surface area contributed by atoms with Crippen LogP contribution in [-0.2, 0) is 6.61 Å². The number of hydrogen-bond donors (Lipinski definition) is 0. The number of hydrogen-bond acceptors (Lipinski definition) is 5. The molecule has 3 aromatic heterocycles. The van der Waals surface area contributed by atoms with Gasteiger partial charge in [0.15, 0.2) is 5.82 Å². The highest BCUT2D eigenvalue weighted by Crippen LogP contribution is 2.17. The first-order valence-electron chi connectivity index (χ1n) is 6.34. The van der Waals surface area contributed by atoms with Gasteiger partial charge in [0.05, 0.1) is 6.20 Å². The lowest BCUT2D eigenvalue weighted by atomic mass is 10.3. The fourth-order valence-electron chi connectivity index (χ4n) is 1.84. The molecule has 0 amide bonds. The van der Waals surface area contributed by atoms with E-state index in [-0.39, 0.29) is 0 Å². The summed E-state index contributed by atoms with van der Waals surface area (Å²) in [6, 6.07) is 8.81. The Labute approximate surface area is 121 Å². The van der Waals surface area contributed by atoms with Crippen LogP contribution in [0.3, 0.4) is 0 Å². The Hall–Kier alpha value is -3.02. The van der Waals surface area contributed by atoms with Gasteiger partial charge in [0.1, 0.15) is 12.9 Å². The molecule has 3 heterocycles. The third-order valence-electron chi connectivity index (χ3n) is 2.84. The van der Waals surface area contributed by atoms with Crippen LogP contribution in [0.15, 0.2) is 55.1 Å². The van der Waals surface area contributed by atoms with Crippen LogP contribution in [0, 0.1) is 0 Å². The topological polar surface area (TPSA) is 69.9 Å². The van der Waals surface area contributed by atoms with E-state index in [1.54, 1.807) is 47.7 Å². The second-order valence-electron chi connectivity index (χ2n) is 4.30. The molecular formula is C15H12N4O2. The molecule has 6 heteroatoms. The van der Waals surface area contributed by atoms with Crippen molar-refractivity contribution in [3.05, 3.63) is 66.2 Å². The lowest BCUT2D eigenvalue weighted by Crippen LogP contribution is -2.05. The standard InChI is InChI=1S/C15H12N4O2/c20-10-12-3-6-17-14(8-12)19-15(4-7-18-19)21-11-13-2-1-5-16-9-13/h1-10H,11H2. The maximum Gasteiger partial charge on any atom is 0.218 e. The van der Waals surface area contributed by atoms with Crippen LogP contribution in [0.1, 0.15) is 15.9 Å². The van der Waals surface area contributed by atoms with E-state index in [9.17, 15) is 4.79 Å². The maximum atomic E-state index is 10.8. The van der Waals surface area contributed by atoms with Crippen LogP contribution >= 0.6 is 0 Å². The Morgan fingerprint density at radius 1 is 1.19 bits per heavy atom. The average Bonchev–Trinajstić information content (AvgIpc) is 3.02. The number of aromatic nitrogens is 4. The summed E-state index contributed by atoms with van der Waals surface area (Å²) >= 11 is 0. The predicted molar refractivity (Wildman–Crippen MR) is 75.3 cm³/mol. The molecule has 0 aromatic carbocycles. The first-order valence-corrected chi connectivity index (χ1v) is 6.34. The summed E-state index contributed by atoms with van der Waals surface area (Å²) in [6.45, 7) is 0.382. The zero-order valence-corrected chi connectivity index (χ0v) is 11.1. The van der Waals surface area contributed by atoms with Gasteiger partial charge in [-0.3, -0.25) is 9.78 Å². The highest BCUT2D eigenvalue weighted by atomic mass is 16.5. The highest BCUT2D eigenvalue weighted by Gasteiger charge is 2.08. The smallest absolute Gasteiger partial charge is 0.218 e. The van der Waals surface area contributed by atoms with Gasteiger partial charge in [-0.25, -0.2) is 4.98 Å². The second-order valence-corrected chi connectivity index (χ2v) is 4.30. The Balaban J connectivity index is 1.82. The molecule has 0 bridgehead atoms. The molecule has 0 aliphatic rings. The van der Waals surface area contributed by atoms with Gasteiger partial charge in [0.2, 0.25) is 5.88 Å². The third-order valence-corrected chi connectivity index (χ3v) is 2.84. The van der Waals surface area contributed by atoms with Crippen LogP contribution in [-0.4, -0.2) is 26.0 Å². The minimum atomic E-state index is 0.382. The first-order chi connectivity index (χ1) is 10.4. The van der Waals surface area contributed by atoms with Crippen molar-refractivity contribution >= 4 is 6.29 Å². The number of rotatable bonds is 5. The van der Waals surface area contributed by atoms with Crippen molar-refractivity contribution in [3.8, 4) is 11.7 Å². The van der Waals surface area contributed by atoms with Crippen LogP contribution in [0.2, 0.25) is 0 Å². The Morgan fingerprint density at radius 3 is 2.95 bits per heavy atom. The van der Waals surface area contributed by atoms with Crippen LogP contribution in [0.4, 0.5) is 0 Å². The molecule has 0 radical (unpaired) electrons. The molecule has 6 nitrogen and oxygen atoms in total. The predicted octanol–water partition coefficient (Wildman–Crippen LogP) is 2.05. The van der Waals surface area contributed by atoms with E-state index in [4.69, 9.17) is 4.74 Å². The summed E-state index contributed by atoms with van der Waals surface area (Å²) in [5.74, 6) is 1.08. The molecule has 104 valence electrons. The molecule has 3 aromatic rings. The summed E-state index contributed by atoms with van der Waals surface area (Å²) < 4.78 is 7.27. The number of carbonyl (C=O) groups is 1. The van der Waals surface area contributed by atoms with Gasteiger partial charge in [-0.1, -0.05) is 6.07 Å². The van der Waals surface area contributed by atoms with E-state index < -0.39 is 0 Å². The van der Waals surface area contributed by atoms with E-state index in [2.05, 4.69) is 15.1 Å². The van der Waals surface area contributed by atoms with Gasteiger partial charge in [0, 0.05) is 35.8 Å². The number of aldehydes is 1. The molecule has 0 fully saturated rings. The Morgan fingerprint density at radius 2 is 2.14 bits per heavy atom. The van der Waals surface area contributed by atoms with Crippen molar-refractivity contribution < 1.29 is 9.53 Å². The zero-order chi connectivity index (χ0) is 14.5. The van der Waals surface area contributed by atoms with Gasteiger partial charge in [-0.05, 0) is 18.2 Å². The zero-order valence-electron chi connectivity index (χ0n) is 11.1. The fourth-order valence-corrected chi connectivity index (χ4v) is 1.84.